The molecule has 1 heterocycles. The van der Waals surface area contributed by atoms with Crippen LogP contribution in [0.4, 0.5) is 4.39 Å². The normalized spacial score (nSPS) is 11.4. The maximum atomic E-state index is 13.0. The van der Waals surface area contributed by atoms with Gasteiger partial charge in [0.05, 0.1) is 0 Å². The van der Waals surface area contributed by atoms with Crippen LogP contribution in [0, 0.1) is 12.7 Å². The number of nitrogens with one attached hydrogen (secondary N) is 1. The van der Waals surface area contributed by atoms with Crippen molar-refractivity contribution in [3.63, 3.8) is 0 Å². The molecule has 2 aromatic rings. The number of primary amides is 1. The minimum Gasteiger partial charge on any atom is -0.366 e. The number of amides is 1. The van der Waals surface area contributed by atoms with E-state index in [4.69, 9.17) is 5.73 Å². The Hall–Kier alpha value is -2.10. The first-order valence-electron chi connectivity index (χ1n) is 4.83. The molecular formula is C12H11FN2O. The highest BCUT2D eigenvalue weighted by atomic mass is 19.1. The van der Waals surface area contributed by atoms with Crippen molar-refractivity contribution in [2.24, 2.45) is 5.73 Å². The number of fused-ring (bicyclic) bond motifs is 1. The highest BCUT2D eigenvalue weighted by molar-refractivity contribution is 5.93. The highest BCUT2D eigenvalue weighted by Gasteiger charge is 2.05. The van der Waals surface area contributed by atoms with Gasteiger partial charge in [-0.2, -0.15) is 0 Å². The van der Waals surface area contributed by atoms with E-state index in [1.54, 1.807) is 12.1 Å². The van der Waals surface area contributed by atoms with Gasteiger partial charge in [-0.1, -0.05) is 0 Å². The molecule has 2 rings (SSSR count). The molecule has 0 atom stereocenters. The van der Waals surface area contributed by atoms with E-state index in [1.807, 2.05) is 6.92 Å². The number of benzene rings is 1. The molecule has 82 valence electrons. The standard InChI is InChI=1S/C12H11FN2O/c1-7-9-6-8(13)2-3-11(9)15-10(7)4-5-12(14)16/h2-6,15H,1H3,(H2,14,16)/b5-4+. The van der Waals surface area contributed by atoms with E-state index in [2.05, 4.69) is 4.98 Å². The molecule has 3 nitrogen and oxygen atoms in total. The quantitative estimate of drug-likeness (QED) is 0.745. The summed E-state index contributed by atoms with van der Waals surface area (Å²) >= 11 is 0. The minimum absolute atomic E-state index is 0.278. The molecule has 0 aliphatic rings. The van der Waals surface area contributed by atoms with Crippen molar-refractivity contribution < 1.29 is 9.18 Å². The van der Waals surface area contributed by atoms with E-state index in [-0.39, 0.29) is 5.82 Å². The molecule has 1 aromatic carbocycles. The van der Waals surface area contributed by atoms with E-state index in [9.17, 15) is 9.18 Å². The van der Waals surface area contributed by atoms with Gasteiger partial charge in [0.25, 0.3) is 0 Å². The average molecular weight is 218 g/mol. The van der Waals surface area contributed by atoms with E-state index in [0.29, 0.717) is 0 Å². The van der Waals surface area contributed by atoms with Crippen LogP contribution in [0.3, 0.4) is 0 Å². The van der Waals surface area contributed by atoms with Crippen LogP contribution in [0.1, 0.15) is 11.3 Å². The van der Waals surface area contributed by atoms with Crippen LogP contribution in [-0.2, 0) is 4.79 Å². The molecule has 1 amide bonds. The Balaban J connectivity index is 2.56. The lowest BCUT2D eigenvalue weighted by molar-refractivity contribution is -0.113. The third-order valence-corrected chi connectivity index (χ3v) is 2.47. The number of rotatable bonds is 2. The Morgan fingerprint density at radius 2 is 2.25 bits per heavy atom. The number of aromatic amines is 1. The van der Waals surface area contributed by atoms with E-state index in [1.165, 1.54) is 18.2 Å². The zero-order valence-electron chi connectivity index (χ0n) is 8.75. The predicted octanol–water partition coefficient (Wildman–Crippen LogP) is 2.11. The summed E-state index contributed by atoms with van der Waals surface area (Å²) < 4.78 is 13.0. The molecule has 4 heteroatoms. The number of aryl methyl sites for hydroxylation is 1. The molecule has 0 spiro atoms. The van der Waals surface area contributed by atoms with Gasteiger partial charge in [-0.15, -0.1) is 0 Å². The second-order valence-electron chi connectivity index (χ2n) is 3.59. The first kappa shape index (κ1) is 10.4. The third kappa shape index (κ3) is 1.82. The van der Waals surface area contributed by atoms with Crippen molar-refractivity contribution in [3.8, 4) is 0 Å². The van der Waals surface area contributed by atoms with E-state index >= 15 is 0 Å². The molecule has 0 radical (unpaired) electrons. The van der Waals surface area contributed by atoms with E-state index < -0.39 is 5.91 Å². The van der Waals surface area contributed by atoms with Crippen LogP contribution in [0.15, 0.2) is 24.3 Å². The molecule has 16 heavy (non-hydrogen) atoms. The lowest BCUT2D eigenvalue weighted by Crippen LogP contribution is -2.05. The molecule has 3 N–H and O–H groups in total. The number of carbonyl (C=O) groups excluding carboxylic acids is 1. The summed E-state index contributed by atoms with van der Waals surface area (Å²) in [5.74, 6) is -0.788. The van der Waals surface area contributed by atoms with Crippen molar-refractivity contribution in [2.45, 2.75) is 6.92 Å². The van der Waals surface area contributed by atoms with Crippen molar-refractivity contribution in [1.82, 2.24) is 4.98 Å². The molecular weight excluding hydrogens is 207 g/mol. The Bertz CT molecular complexity index is 584. The van der Waals surface area contributed by atoms with Crippen molar-refractivity contribution in [2.75, 3.05) is 0 Å². The van der Waals surface area contributed by atoms with Crippen LogP contribution in [-0.4, -0.2) is 10.9 Å². The van der Waals surface area contributed by atoms with Gasteiger partial charge in [-0.05, 0) is 36.8 Å². The third-order valence-electron chi connectivity index (χ3n) is 2.47. The molecule has 0 fully saturated rings. The van der Waals surface area contributed by atoms with Gasteiger partial charge in [0.1, 0.15) is 5.82 Å². The van der Waals surface area contributed by atoms with Crippen LogP contribution in [0.5, 0.6) is 0 Å². The van der Waals surface area contributed by atoms with Crippen LogP contribution < -0.4 is 5.73 Å². The monoisotopic (exact) mass is 218 g/mol. The topological polar surface area (TPSA) is 58.9 Å². The lowest BCUT2D eigenvalue weighted by Gasteiger charge is -1.91. The lowest BCUT2D eigenvalue weighted by atomic mass is 10.1. The van der Waals surface area contributed by atoms with Gasteiger partial charge >= 0.3 is 0 Å². The van der Waals surface area contributed by atoms with Crippen LogP contribution in [0.25, 0.3) is 17.0 Å². The summed E-state index contributed by atoms with van der Waals surface area (Å²) in [5.41, 5.74) is 7.50. The van der Waals surface area contributed by atoms with Gasteiger partial charge in [0.15, 0.2) is 0 Å². The second kappa shape index (κ2) is 3.81. The van der Waals surface area contributed by atoms with Gasteiger partial charge < -0.3 is 10.7 Å². The average Bonchev–Trinajstić information content (AvgIpc) is 2.53. The maximum Gasteiger partial charge on any atom is 0.241 e. The summed E-state index contributed by atoms with van der Waals surface area (Å²) in [4.78, 5) is 13.7. The maximum absolute atomic E-state index is 13.0. The highest BCUT2D eigenvalue weighted by Crippen LogP contribution is 2.23. The zero-order valence-corrected chi connectivity index (χ0v) is 8.75. The Labute approximate surface area is 91.8 Å². The van der Waals surface area contributed by atoms with Gasteiger partial charge in [0.2, 0.25) is 5.91 Å². The van der Waals surface area contributed by atoms with Gasteiger partial charge in [-0.25, -0.2) is 4.39 Å². The number of carbonyl (C=O) groups is 1. The Morgan fingerprint density at radius 1 is 1.50 bits per heavy atom. The summed E-state index contributed by atoms with van der Waals surface area (Å²) in [5, 5.41) is 0.809. The fourth-order valence-corrected chi connectivity index (χ4v) is 1.65. The summed E-state index contributed by atoms with van der Waals surface area (Å²) in [6, 6.07) is 4.52. The Kier molecular flexibility index (Phi) is 2.48. The number of aromatic nitrogens is 1. The fourth-order valence-electron chi connectivity index (χ4n) is 1.65. The van der Waals surface area contributed by atoms with Gasteiger partial charge in [0, 0.05) is 22.7 Å². The molecule has 0 aliphatic carbocycles. The fraction of sp³-hybridized carbons (Fsp3) is 0.0833. The van der Waals surface area contributed by atoms with Crippen molar-refractivity contribution >= 4 is 22.9 Å². The largest absolute Gasteiger partial charge is 0.366 e. The summed E-state index contributed by atoms with van der Waals surface area (Å²) in [6.07, 6.45) is 2.86. The molecule has 0 unspecified atom stereocenters. The summed E-state index contributed by atoms with van der Waals surface area (Å²) in [7, 11) is 0. The second-order valence-corrected chi connectivity index (χ2v) is 3.59. The molecule has 0 saturated heterocycles. The van der Waals surface area contributed by atoms with Gasteiger partial charge in [-0.3, -0.25) is 4.79 Å². The van der Waals surface area contributed by atoms with Crippen molar-refractivity contribution in [1.29, 1.82) is 0 Å². The number of halogens is 1. The molecule has 0 saturated carbocycles. The first-order valence-corrected chi connectivity index (χ1v) is 4.83. The molecule has 0 bridgehead atoms. The zero-order chi connectivity index (χ0) is 11.7. The molecule has 0 aliphatic heterocycles. The number of H-pyrrole nitrogens is 1. The van der Waals surface area contributed by atoms with E-state index in [0.717, 1.165) is 22.2 Å². The molecule has 1 aromatic heterocycles. The number of nitrogens with two attached hydrogens (primary N) is 1. The van der Waals surface area contributed by atoms with Crippen LogP contribution >= 0.6 is 0 Å². The van der Waals surface area contributed by atoms with Crippen molar-refractivity contribution in [3.05, 3.63) is 41.3 Å². The minimum atomic E-state index is -0.510. The predicted molar refractivity (Wildman–Crippen MR) is 61.2 cm³/mol. The SMILES string of the molecule is Cc1c(/C=C/C(N)=O)[nH]c2ccc(F)cc12. The number of hydrogen-bond donors (Lipinski definition) is 2. The first-order chi connectivity index (χ1) is 7.58. The van der Waals surface area contributed by atoms with Crippen LogP contribution in [0.2, 0.25) is 0 Å². The number of hydrogen-bond acceptors (Lipinski definition) is 1. The summed E-state index contributed by atoms with van der Waals surface area (Å²) in [6.45, 7) is 1.86. The Morgan fingerprint density at radius 3 is 2.94 bits per heavy atom. The smallest absolute Gasteiger partial charge is 0.241 e.